The van der Waals surface area contributed by atoms with E-state index in [1.54, 1.807) is 0 Å². The van der Waals surface area contributed by atoms with Crippen LogP contribution in [0.15, 0.2) is 30.3 Å². The van der Waals surface area contributed by atoms with Gasteiger partial charge in [-0.15, -0.1) is 23.2 Å². The number of halogens is 5. The maximum absolute atomic E-state index is 5.05. The second-order valence-electron chi connectivity index (χ2n) is 2.03. The molecule has 1 aromatic carbocycles. The molecule has 0 radical (unpaired) electrons. The fraction of sp³-hybridized carbons (Fsp3) is 0.333. The summed E-state index contributed by atoms with van der Waals surface area (Å²) in [4.78, 5) is 0. The molecular weight excluding hydrogens is 312 g/mol. The molecule has 1 rings (SSSR count). The molecule has 86 valence electrons. The zero-order chi connectivity index (χ0) is 8.53. The van der Waals surface area contributed by atoms with Crippen molar-refractivity contribution >= 4 is 40.6 Å². The fourth-order valence-corrected chi connectivity index (χ4v) is 0.534. The summed E-state index contributed by atoms with van der Waals surface area (Å²) in [6, 6.07) is 10.3. The number of alkyl halides is 2. The average molecular weight is 324 g/mol. The molecule has 0 saturated heterocycles. The topological polar surface area (TPSA) is 0 Å². The van der Waals surface area contributed by atoms with Crippen LogP contribution in [0.4, 0.5) is 0 Å². The molecule has 1 aromatic rings. The number of rotatable bonds is 1. The quantitative estimate of drug-likeness (QED) is 0.357. The Morgan fingerprint density at radius 3 is 1.33 bits per heavy atom. The fourth-order valence-electron chi connectivity index (χ4n) is 0.534. The van der Waals surface area contributed by atoms with E-state index in [9.17, 15) is 0 Å². The Morgan fingerprint density at radius 1 is 0.867 bits per heavy atom. The normalized spacial score (nSPS) is 6.07. The van der Waals surface area contributed by atoms with Crippen LogP contribution in [-0.2, 0) is 0 Å². The van der Waals surface area contributed by atoms with Crippen molar-refractivity contribution in [3.05, 3.63) is 35.9 Å². The summed E-state index contributed by atoms with van der Waals surface area (Å²) in [6.45, 7) is 2.08. The number of aryl methyl sites for hydroxylation is 1. The molecule has 15 heavy (non-hydrogen) atoms. The molecule has 0 aliphatic carbocycles. The smallest absolute Gasteiger partial charge is 1.00 e. The van der Waals surface area contributed by atoms with Gasteiger partial charge < -0.3 is 37.2 Å². The Morgan fingerprint density at radius 2 is 1.20 bits per heavy atom. The molecule has 0 saturated carbocycles. The van der Waals surface area contributed by atoms with E-state index in [4.69, 9.17) is 23.2 Å². The van der Waals surface area contributed by atoms with Crippen LogP contribution in [0.5, 0.6) is 0 Å². The van der Waals surface area contributed by atoms with Gasteiger partial charge in [-0.05, 0) is 6.92 Å². The summed E-state index contributed by atoms with van der Waals surface area (Å²) in [5, 5.41) is 0. The molecule has 0 unspecified atom stereocenters. The molecule has 0 bridgehead atoms. The van der Waals surface area contributed by atoms with E-state index in [-0.39, 0.29) is 54.6 Å². The third-order valence-corrected chi connectivity index (χ3v) is 1.58. The van der Waals surface area contributed by atoms with E-state index in [1.807, 2.05) is 18.2 Å². The molecule has 0 fully saturated rings. The molecule has 6 heteroatoms. The van der Waals surface area contributed by atoms with E-state index >= 15 is 0 Å². The minimum Gasteiger partial charge on any atom is -1.00 e. The van der Waals surface area contributed by atoms with Crippen LogP contribution in [0.2, 0.25) is 0 Å². The van der Waals surface area contributed by atoms with Gasteiger partial charge in [0, 0.05) is 11.8 Å². The zero-order valence-electron chi connectivity index (χ0n) is 8.27. The first-order valence-electron chi connectivity index (χ1n) is 3.45. The maximum atomic E-state index is 5.05. The molecule has 0 heterocycles. The van der Waals surface area contributed by atoms with Crippen molar-refractivity contribution in [1.82, 2.24) is 0 Å². The summed E-state index contributed by atoms with van der Waals surface area (Å²) in [5.41, 5.74) is 1.32. The predicted octanol–water partition coefficient (Wildman–Crippen LogP) is -5.91. The Bertz CT molecular complexity index is 169. The van der Waals surface area contributed by atoms with Crippen LogP contribution in [-0.4, -0.2) is 29.1 Å². The van der Waals surface area contributed by atoms with Crippen LogP contribution >= 0.6 is 23.2 Å². The zero-order valence-corrected chi connectivity index (χ0v) is 13.2. The third kappa shape index (κ3) is 25.5. The monoisotopic (exact) mass is 322 g/mol. The molecular formula is C9H12AlCl5. The second-order valence-corrected chi connectivity index (χ2v) is 2.79. The Kier molecular flexibility index (Phi) is 48.6. The van der Waals surface area contributed by atoms with Crippen molar-refractivity contribution in [2.75, 3.05) is 11.8 Å². The Balaban J connectivity index is -0.0000000383. The van der Waals surface area contributed by atoms with Crippen LogP contribution in [0, 0.1) is 6.92 Å². The van der Waals surface area contributed by atoms with Crippen molar-refractivity contribution in [1.29, 1.82) is 0 Å². The van der Waals surface area contributed by atoms with Gasteiger partial charge in [-0.1, -0.05) is 35.9 Å². The van der Waals surface area contributed by atoms with Gasteiger partial charge >= 0.3 is 17.4 Å². The van der Waals surface area contributed by atoms with Gasteiger partial charge in [-0.2, -0.15) is 0 Å². The largest absolute Gasteiger partial charge is 3.00 e. The van der Waals surface area contributed by atoms with Crippen molar-refractivity contribution in [2.24, 2.45) is 0 Å². The van der Waals surface area contributed by atoms with Crippen LogP contribution in [0.3, 0.4) is 0 Å². The molecule has 0 N–H and O–H groups in total. The van der Waals surface area contributed by atoms with Crippen LogP contribution in [0.25, 0.3) is 0 Å². The van der Waals surface area contributed by atoms with E-state index in [0.29, 0.717) is 11.8 Å². The van der Waals surface area contributed by atoms with Crippen molar-refractivity contribution in [3.8, 4) is 0 Å². The van der Waals surface area contributed by atoms with E-state index in [1.165, 1.54) is 5.56 Å². The van der Waals surface area contributed by atoms with Gasteiger partial charge in [-0.25, -0.2) is 0 Å². The number of hydrogen-bond donors (Lipinski definition) is 0. The Labute approximate surface area is 131 Å². The van der Waals surface area contributed by atoms with Crippen LogP contribution < -0.4 is 37.2 Å². The summed E-state index contributed by atoms with van der Waals surface area (Å²) in [7, 11) is 0. The van der Waals surface area contributed by atoms with Gasteiger partial charge in [0.05, 0.1) is 0 Å². The average Bonchev–Trinajstić information content (AvgIpc) is 2.07. The minimum atomic E-state index is 0. The van der Waals surface area contributed by atoms with Gasteiger partial charge in [-0.3, -0.25) is 0 Å². The summed E-state index contributed by atoms with van der Waals surface area (Å²) in [6.07, 6.45) is 0. The summed E-state index contributed by atoms with van der Waals surface area (Å²) >= 11 is 10.1. The molecule has 0 aliphatic heterocycles. The van der Waals surface area contributed by atoms with E-state index in [2.05, 4.69) is 19.1 Å². The molecule has 0 nitrogen and oxygen atoms in total. The maximum Gasteiger partial charge on any atom is 3.00 e. The number of benzene rings is 1. The standard InChI is InChI=1S/C7H8.C2H4Cl2.Al.3ClH/c1-7-5-3-2-4-6-7;3-1-2-4;;;;/h2-6H,1H3;1-2H2;;3*1H/q;;+3;;;/p-3. The van der Waals surface area contributed by atoms with Gasteiger partial charge in [0.25, 0.3) is 0 Å². The number of hydrogen-bond acceptors (Lipinski definition) is 0. The molecule has 0 aliphatic rings. The van der Waals surface area contributed by atoms with Gasteiger partial charge in [0.2, 0.25) is 0 Å². The van der Waals surface area contributed by atoms with Crippen molar-refractivity contribution in [3.63, 3.8) is 0 Å². The van der Waals surface area contributed by atoms with Crippen LogP contribution in [0.1, 0.15) is 5.56 Å². The first kappa shape index (κ1) is 29.8. The predicted molar refractivity (Wildman–Crippen MR) is 58.4 cm³/mol. The van der Waals surface area contributed by atoms with E-state index in [0.717, 1.165) is 0 Å². The second kappa shape index (κ2) is 24.4. The van der Waals surface area contributed by atoms with Gasteiger partial charge in [0.1, 0.15) is 0 Å². The molecule has 0 amide bonds. The molecule has 0 spiro atoms. The summed E-state index contributed by atoms with van der Waals surface area (Å²) in [5.74, 6) is 1.11. The summed E-state index contributed by atoms with van der Waals surface area (Å²) < 4.78 is 0. The molecule has 0 aromatic heterocycles. The SMILES string of the molecule is Cc1ccccc1.ClCCCl.[Al+3].[Cl-].[Cl-].[Cl-]. The minimum absolute atomic E-state index is 0. The van der Waals surface area contributed by atoms with Crippen molar-refractivity contribution < 1.29 is 37.2 Å². The Hall–Kier alpha value is 1.20. The first-order valence-corrected chi connectivity index (χ1v) is 4.51. The van der Waals surface area contributed by atoms with Gasteiger partial charge in [0.15, 0.2) is 0 Å². The molecule has 0 atom stereocenters. The third-order valence-electron chi connectivity index (χ3n) is 1.01. The van der Waals surface area contributed by atoms with E-state index < -0.39 is 0 Å². The first-order chi connectivity index (χ1) is 5.31. The van der Waals surface area contributed by atoms with Crippen molar-refractivity contribution in [2.45, 2.75) is 6.92 Å².